The van der Waals surface area contributed by atoms with E-state index in [1.54, 1.807) is 6.33 Å². The van der Waals surface area contributed by atoms with Crippen molar-refractivity contribution in [2.45, 2.75) is 0 Å². The second-order valence-corrected chi connectivity index (χ2v) is 4.95. The maximum atomic E-state index is 5.68. The largest absolute Gasteiger partial charge is 0.384 e. The van der Waals surface area contributed by atoms with Gasteiger partial charge in [-0.25, -0.2) is 9.97 Å². The van der Waals surface area contributed by atoms with Gasteiger partial charge in [0.1, 0.15) is 18.0 Å². The molecule has 2 aliphatic heterocycles. The van der Waals surface area contributed by atoms with Crippen LogP contribution in [0, 0.1) is 11.8 Å². The molecule has 86 valence electrons. The van der Waals surface area contributed by atoms with Crippen LogP contribution in [0.15, 0.2) is 12.4 Å². The SMILES string of the molecule is CN1C[C@@H]2CN(c3cc(N)ncn3)C[C@@H]2C1. The molecule has 1 aromatic rings. The zero-order chi connectivity index (χ0) is 11.1. The summed E-state index contributed by atoms with van der Waals surface area (Å²) in [4.78, 5) is 13.0. The number of hydrogen-bond acceptors (Lipinski definition) is 5. The van der Waals surface area contributed by atoms with Crippen molar-refractivity contribution in [3.8, 4) is 0 Å². The Balaban J connectivity index is 1.75. The summed E-state index contributed by atoms with van der Waals surface area (Å²) in [5.41, 5.74) is 5.68. The Labute approximate surface area is 95.3 Å². The van der Waals surface area contributed by atoms with Crippen molar-refractivity contribution in [3.63, 3.8) is 0 Å². The molecule has 5 heteroatoms. The lowest BCUT2D eigenvalue weighted by molar-refractivity contribution is 0.387. The highest BCUT2D eigenvalue weighted by Gasteiger charge is 2.38. The average Bonchev–Trinajstić information content (AvgIpc) is 2.74. The molecule has 0 saturated carbocycles. The number of nitrogens with zero attached hydrogens (tertiary/aromatic N) is 4. The van der Waals surface area contributed by atoms with E-state index in [9.17, 15) is 0 Å². The van der Waals surface area contributed by atoms with Crippen molar-refractivity contribution < 1.29 is 0 Å². The van der Waals surface area contributed by atoms with Crippen molar-refractivity contribution >= 4 is 11.6 Å². The zero-order valence-corrected chi connectivity index (χ0v) is 9.50. The molecule has 16 heavy (non-hydrogen) atoms. The van der Waals surface area contributed by atoms with E-state index in [1.165, 1.54) is 13.1 Å². The molecule has 5 nitrogen and oxygen atoms in total. The quantitative estimate of drug-likeness (QED) is 0.723. The van der Waals surface area contributed by atoms with Crippen LogP contribution in [0.25, 0.3) is 0 Å². The van der Waals surface area contributed by atoms with Crippen molar-refractivity contribution in [1.82, 2.24) is 14.9 Å². The molecule has 0 spiro atoms. The van der Waals surface area contributed by atoms with E-state index in [2.05, 4.69) is 26.8 Å². The van der Waals surface area contributed by atoms with Gasteiger partial charge in [0, 0.05) is 32.2 Å². The molecule has 1 aromatic heterocycles. The van der Waals surface area contributed by atoms with Crippen molar-refractivity contribution in [2.75, 3.05) is 43.9 Å². The normalized spacial score (nSPS) is 29.7. The standard InChI is InChI=1S/C11H17N5/c1-15-3-8-5-16(6-9(8)4-15)11-2-10(12)13-7-14-11/h2,7-9H,3-6H2,1H3,(H2,12,13,14)/t8-,9+. The Kier molecular flexibility index (Phi) is 2.21. The fraction of sp³-hybridized carbons (Fsp3) is 0.636. The van der Waals surface area contributed by atoms with Crippen LogP contribution in [0.4, 0.5) is 11.6 Å². The molecule has 0 bridgehead atoms. The molecule has 0 amide bonds. The van der Waals surface area contributed by atoms with Gasteiger partial charge in [0.2, 0.25) is 0 Å². The Morgan fingerprint density at radius 1 is 1.19 bits per heavy atom. The smallest absolute Gasteiger partial charge is 0.134 e. The summed E-state index contributed by atoms with van der Waals surface area (Å²) >= 11 is 0. The van der Waals surface area contributed by atoms with Gasteiger partial charge in [0.15, 0.2) is 0 Å². The van der Waals surface area contributed by atoms with E-state index in [4.69, 9.17) is 5.73 Å². The molecule has 3 heterocycles. The number of nitrogens with two attached hydrogens (primary N) is 1. The molecule has 2 aliphatic rings. The summed E-state index contributed by atoms with van der Waals surface area (Å²) in [6, 6.07) is 1.87. The number of nitrogen functional groups attached to an aromatic ring is 1. The molecule has 0 aliphatic carbocycles. The zero-order valence-electron chi connectivity index (χ0n) is 9.50. The van der Waals surface area contributed by atoms with Gasteiger partial charge in [-0.2, -0.15) is 0 Å². The average molecular weight is 219 g/mol. The summed E-state index contributed by atoms with van der Waals surface area (Å²) in [5.74, 6) is 3.12. The monoisotopic (exact) mass is 219 g/mol. The fourth-order valence-electron chi connectivity index (χ4n) is 2.95. The molecule has 2 atom stereocenters. The van der Waals surface area contributed by atoms with E-state index in [0.717, 1.165) is 30.7 Å². The van der Waals surface area contributed by atoms with Crippen LogP contribution in [0.2, 0.25) is 0 Å². The van der Waals surface area contributed by atoms with E-state index in [0.29, 0.717) is 5.82 Å². The van der Waals surface area contributed by atoms with Crippen LogP contribution in [0.5, 0.6) is 0 Å². The Morgan fingerprint density at radius 2 is 1.88 bits per heavy atom. The van der Waals surface area contributed by atoms with Crippen LogP contribution in [0.1, 0.15) is 0 Å². The molecule has 3 rings (SSSR count). The minimum atomic E-state index is 0.555. The van der Waals surface area contributed by atoms with Crippen molar-refractivity contribution in [3.05, 3.63) is 12.4 Å². The third kappa shape index (κ3) is 1.61. The summed E-state index contributed by atoms with van der Waals surface area (Å²) < 4.78 is 0. The predicted molar refractivity (Wildman–Crippen MR) is 63.1 cm³/mol. The first-order chi connectivity index (χ1) is 7.72. The first kappa shape index (κ1) is 9.84. The fourth-order valence-corrected chi connectivity index (χ4v) is 2.95. The second kappa shape index (κ2) is 3.59. The Morgan fingerprint density at radius 3 is 2.50 bits per heavy atom. The van der Waals surface area contributed by atoms with Gasteiger partial charge in [-0.05, 0) is 18.9 Å². The third-order valence-corrected chi connectivity index (χ3v) is 3.67. The lowest BCUT2D eigenvalue weighted by Gasteiger charge is -2.20. The minimum absolute atomic E-state index is 0.555. The van der Waals surface area contributed by atoms with E-state index >= 15 is 0 Å². The molecule has 0 radical (unpaired) electrons. The van der Waals surface area contributed by atoms with Crippen LogP contribution >= 0.6 is 0 Å². The maximum Gasteiger partial charge on any atom is 0.134 e. The first-order valence-electron chi connectivity index (χ1n) is 5.73. The lowest BCUT2D eigenvalue weighted by atomic mass is 10.0. The number of anilines is 2. The van der Waals surface area contributed by atoms with Gasteiger partial charge >= 0.3 is 0 Å². The number of fused-ring (bicyclic) bond motifs is 1. The van der Waals surface area contributed by atoms with Crippen LogP contribution < -0.4 is 10.6 Å². The van der Waals surface area contributed by atoms with Crippen molar-refractivity contribution in [1.29, 1.82) is 0 Å². The van der Waals surface area contributed by atoms with Crippen LogP contribution in [-0.4, -0.2) is 48.1 Å². The predicted octanol–water partition coefficient (Wildman–Crippen LogP) is 0.0566. The summed E-state index contributed by atoms with van der Waals surface area (Å²) in [5, 5.41) is 0. The Hall–Kier alpha value is -1.36. The molecule has 2 N–H and O–H groups in total. The number of hydrogen-bond donors (Lipinski definition) is 1. The molecule has 2 fully saturated rings. The number of aromatic nitrogens is 2. The van der Waals surface area contributed by atoms with Gasteiger partial charge in [0.25, 0.3) is 0 Å². The molecule has 0 unspecified atom stereocenters. The molecular weight excluding hydrogens is 202 g/mol. The molecule has 0 aromatic carbocycles. The minimum Gasteiger partial charge on any atom is -0.384 e. The number of rotatable bonds is 1. The summed E-state index contributed by atoms with van der Waals surface area (Å²) in [6.07, 6.45) is 1.55. The van der Waals surface area contributed by atoms with Crippen LogP contribution in [-0.2, 0) is 0 Å². The number of likely N-dealkylation sites (tertiary alicyclic amines) is 1. The highest BCUT2D eigenvalue weighted by molar-refractivity contribution is 5.47. The van der Waals surface area contributed by atoms with Crippen LogP contribution in [0.3, 0.4) is 0 Å². The van der Waals surface area contributed by atoms with Gasteiger partial charge in [-0.15, -0.1) is 0 Å². The van der Waals surface area contributed by atoms with Gasteiger partial charge in [-0.3, -0.25) is 0 Å². The van der Waals surface area contributed by atoms with Gasteiger partial charge < -0.3 is 15.5 Å². The van der Waals surface area contributed by atoms with E-state index in [1.807, 2.05) is 6.07 Å². The summed E-state index contributed by atoms with van der Waals surface area (Å²) in [7, 11) is 2.20. The van der Waals surface area contributed by atoms with Gasteiger partial charge in [0.05, 0.1) is 0 Å². The highest BCUT2D eigenvalue weighted by Crippen LogP contribution is 2.32. The van der Waals surface area contributed by atoms with E-state index in [-0.39, 0.29) is 0 Å². The Bertz CT molecular complexity index is 380. The van der Waals surface area contributed by atoms with Crippen molar-refractivity contribution in [2.24, 2.45) is 11.8 Å². The topological polar surface area (TPSA) is 58.3 Å². The summed E-state index contributed by atoms with van der Waals surface area (Å²) in [6.45, 7) is 4.63. The molecular formula is C11H17N5. The van der Waals surface area contributed by atoms with Gasteiger partial charge in [-0.1, -0.05) is 0 Å². The lowest BCUT2D eigenvalue weighted by Crippen LogP contribution is -2.27. The highest BCUT2D eigenvalue weighted by atomic mass is 15.3. The third-order valence-electron chi connectivity index (χ3n) is 3.67. The first-order valence-corrected chi connectivity index (χ1v) is 5.73. The maximum absolute atomic E-state index is 5.68. The van der Waals surface area contributed by atoms with E-state index < -0.39 is 0 Å². The second-order valence-electron chi connectivity index (χ2n) is 4.95. The molecule has 2 saturated heterocycles.